The summed E-state index contributed by atoms with van der Waals surface area (Å²) in [5.74, 6) is 0.205. The van der Waals surface area contributed by atoms with Crippen molar-refractivity contribution < 1.29 is 9.59 Å². The highest BCUT2D eigenvalue weighted by atomic mass is 16.2. The highest BCUT2D eigenvalue weighted by Crippen LogP contribution is 2.20. The molecule has 0 aromatic heterocycles. The average molecular weight is 401 g/mol. The normalized spacial score (nSPS) is 20.1. The molecule has 0 spiro atoms. The van der Waals surface area contributed by atoms with Crippen LogP contribution < -0.4 is 5.32 Å². The number of carbonyl (C=O) groups excluding carboxylic acids is 2. The fraction of sp³-hybridized carbons (Fsp3) is 0.652. The first-order valence-corrected chi connectivity index (χ1v) is 11.1. The minimum Gasteiger partial charge on any atom is -0.340 e. The molecule has 3 rings (SSSR count). The molecular formula is C23H36N4O2. The van der Waals surface area contributed by atoms with Crippen molar-refractivity contribution in [1.82, 2.24) is 20.0 Å². The second-order valence-electron chi connectivity index (χ2n) is 8.43. The molecule has 1 aromatic rings. The zero-order valence-electron chi connectivity index (χ0n) is 18.2. The molecule has 2 aliphatic heterocycles. The van der Waals surface area contributed by atoms with Crippen LogP contribution in [-0.4, -0.2) is 84.9 Å². The first-order chi connectivity index (χ1) is 14.0. The fourth-order valence-corrected chi connectivity index (χ4v) is 4.63. The zero-order valence-corrected chi connectivity index (χ0v) is 18.2. The van der Waals surface area contributed by atoms with Crippen molar-refractivity contribution >= 4 is 11.8 Å². The van der Waals surface area contributed by atoms with E-state index >= 15 is 0 Å². The third-order valence-corrected chi connectivity index (χ3v) is 6.16. The molecule has 6 heteroatoms. The molecule has 2 saturated heterocycles. The standard InChI is InChI=1S/C23H36N4O2/c1-4-25-10-5-6-21(25)17-27(11-7-22(28)26-12-8-24-9-13-26)23(29)20-15-18(2)14-19(3)16-20/h14-16,21,24H,4-13,17H2,1-3H3/t21-/m0/s1. The molecule has 0 unspecified atom stereocenters. The van der Waals surface area contributed by atoms with Crippen molar-refractivity contribution in [3.63, 3.8) is 0 Å². The topological polar surface area (TPSA) is 55.9 Å². The molecule has 6 nitrogen and oxygen atoms in total. The number of hydrogen-bond acceptors (Lipinski definition) is 4. The summed E-state index contributed by atoms with van der Waals surface area (Å²) >= 11 is 0. The summed E-state index contributed by atoms with van der Waals surface area (Å²) in [7, 11) is 0. The number of hydrogen-bond donors (Lipinski definition) is 1. The van der Waals surface area contributed by atoms with E-state index in [0.717, 1.165) is 62.4 Å². The Kier molecular flexibility index (Phi) is 7.67. The molecule has 0 aliphatic carbocycles. The van der Waals surface area contributed by atoms with Crippen LogP contribution in [0.15, 0.2) is 18.2 Å². The third kappa shape index (κ3) is 5.80. The molecule has 2 fully saturated rings. The maximum Gasteiger partial charge on any atom is 0.253 e. The van der Waals surface area contributed by atoms with E-state index < -0.39 is 0 Å². The minimum atomic E-state index is 0.0489. The Labute approximate surface area is 175 Å². The van der Waals surface area contributed by atoms with E-state index in [1.165, 1.54) is 6.42 Å². The van der Waals surface area contributed by atoms with Crippen LogP contribution in [0.1, 0.15) is 47.7 Å². The Morgan fingerprint density at radius 3 is 2.45 bits per heavy atom. The van der Waals surface area contributed by atoms with Crippen LogP contribution in [0.4, 0.5) is 0 Å². The van der Waals surface area contributed by atoms with Crippen LogP contribution in [0.5, 0.6) is 0 Å². The molecule has 2 amide bonds. The molecule has 29 heavy (non-hydrogen) atoms. The number of nitrogens with zero attached hydrogens (tertiary/aromatic N) is 3. The van der Waals surface area contributed by atoms with Gasteiger partial charge in [0.15, 0.2) is 0 Å². The van der Waals surface area contributed by atoms with Gasteiger partial charge in [0, 0.05) is 57.3 Å². The van der Waals surface area contributed by atoms with E-state index in [1.807, 2.05) is 35.8 Å². The number of likely N-dealkylation sites (tertiary alicyclic amines) is 1. The van der Waals surface area contributed by atoms with Crippen molar-refractivity contribution in [2.75, 3.05) is 52.4 Å². The van der Waals surface area contributed by atoms with E-state index in [9.17, 15) is 9.59 Å². The number of nitrogens with one attached hydrogen (secondary N) is 1. The van der Waals surface area contributed by atoms with E-state index in [2.05, 4.69) is 23.2 Å². The van der Waals surface area contributed by atoms with E-state index in [1.54, 1.807) is 0 Å². The summed E-state index contributed by atoms with van der Waals surface area (Å²) in [6, 6.07) is 6.41. The van der Waals surface area contributed by atoms with E-state index in [4.69, 9.17) is 0 Å². The summed E-state index contributed by atoms with van der Waals surface area (Å²) in [6.45, 7) is 12.8. The summed E-state index contributed by atoms with van der Waals surface area (Å²) in [4.78, 5) is 32.4. The molecule has 1 aromatic carbocycles. The first-order valence-electron chi connectivity index (χ1n) is 11.1. The molecule has 0 radical (unpaired) electrons. The van der Waals surface area contributed by atoms with Crippen molar-refractivity contribution in [1.29, 1.82) is 0 Å². The summed E-state index contributed by atoms with van der Waals surface area (Å²) in [5, 5.41) is 3.28. The maximum absolute atomic E-state index is 13.4. The molecule has 0 saturated carbocycles. The van der Waals surface area contributed by atoms with Gasteiger partial charge in [-0.15, -0.1) is 0 Å². The molecule has 2 heterocycles. The van der Waals surface area contributed by atoms with Crippen molar-refractivity contribution in [2.45, 2.75) is 46.1 Å². The molecule has 1 atom stereocenters. The largest absolute Gasteiger partial charge is 0.340 e. The summed E-state index contributed by atoms with van der Waals surface area (Å²) in [6.07, 6.45) is 2.70. The third-order valence-electron chi connectivity index (χ3n) is 6.16. The Hall–Kier alpha value is -1.92. The van der Waals surface area contributed by atoms with Gasteiger partial charge in [-0.1, -0.05) is 24.1 Å². The van der Waals surface area contributed by atoms with Crippen LogP contribution >= 0.6 is 0 Å². The Balaban J connectivity index is 1.71. The SMILES string of the molecule is CCN1CCC[C@H]1CN(CCC(=O)N1CCNCC1)C(=O)c1cc(C)cc(C)c1. The highest BCUT2D eigenvalue weighted by molar-refractivity contribution is 5.95. The number of amides is 2. The fourth-order valence-electron chi connectivity index (χ4n) is 4.63. The minimum absolute atomic E-state index is 0.0489. The van der Waals surface area contributed by atoms with Gasteiger partial charge in [-0.25, -0.2) is 0 Å². The second-order valence-corrected chi connectivity index (χ2v) is 8.43. The number of likely N-dealkylation sites (N-methyl/N-ethyl adjacent to an activating group) is 1. The predicted octanol–water partition coefficient (Wildman–Crippen LogP) is 2.05. The summed E-state index contributed by atoms with van der Waals surface area (Å²) < 4.78 is 0. The van der Waals surface area contributed by atoms with Gasteiger partial charge < -0.3 is 15.1 Å². The lowest BCUT2D eigenvalue weighted by atomic mass is 10.1. The number of rotatable bonds is 7. The molecule has 0 bridgehead atoms. The van der Waals surface area contributed by atoms with Gasteiger partial charge in [-0.3, -0.25) is 14.5 Å². The van der Waals surface area contributed by atoms with Crippen LogP contribution in [0.2, 0.25) is 0 Å². The molecule has 160 valence electrons. The zero-order chi connectivity index (χ0) is 20.8. The van der Waals surface area contributed by atoms with E-state index in [0.29, 0.717) is 25.6 Å². The number of piperazine rings is 1. The van der Waals surface area contributed by atoms with Crippen molar-refractivity contribution in [2.24, 2.45) is 0 Å². The first kappa shape index (κ1) is 21.8. The lowest BCUT2D eigenvalue weighted by Crippen LogP contribution is -2.48. The number of carbonyl (C=O) groups is 2. The lowest BCUT2D eigenvalue weighted by Gasteiger charge is -2.32. The Morgan fingerprint density at radius 2 is 1.79 bits per heavy atom. The summed E-state index contributed by atoms with van der Waals surface area (Å²) in [5.41, 5.74) is 2.93. The molecule has 1 N–H and O–H groups in total. The smallest absolute Gasteiger partial charge is 0.253 e. The van der Waals surface area contributed by atoms with Crippen LogP contribution in [0, 0.1) is 13.8 Å². The van der Waals surface area contributed by atoms with E-state index in [-0.39, 0.29) is 11.8 Å². The van der Waals surface area contributed by atoms with Crippen LogP contribution in [-0.2, 0) is 4.79 Å². The van der Waals surface area contributed by atoms with Gasteiger partial charge in [0.2, 0.25) is 5.91 Å². The number of benzene rings is 1. The van der Waals surface area contributed by atoms with Gasteiger partial charge in [0.25, 0.3) is 5.91 Å². The molecule has 2 aliphatic rings. The van der Waals surface area contributed by atoms with Crippen LogP contribution in [0.25, 0.3) is 0 Å². The van der Waals surface area contributed by atoms with Crippen molar-refractivity contribution in [3.05, 3.63) is 34.9 Å². The Bertz CT molecular complexity index is 695. The Morgan fingerprint density at radius 1 is 1.10 bits per heavy atom. The second kappa shape index (κ2) is 10.2. The lowest BCUT2D eigenvalue weighted by molar-refractivity contribution is -0.132. The predicted molar refractivity (Wildman–Crippen MR) is 116 cm³/mol. The quantitative estimate of drug-likeness (QED) is 0.761. The average Bonchev–Trinajstić information content (AvgIpc) is 3.17. The monoisotopic (exact) mass is 400 g/mol. The maximum atomic E-state index is 13.4. The van der Waals surface area contributed by atoms with Crippen molar-refractivity contribution in [3.8, 4) is 0 Å². The van der Waals surface area contributed by atoms with Gasteiger partial charge in [-0.2, -0.15) is 0 Å². The van der Waals surface area contributed by atoms with Gasteiger partial charge in [0.1, 0.15) is 0 Å². The van der Waals surface area contributed by atoms with Gasteiger partial charge in [0.05, 0.1) is 0 Å². The van der Waals surface area contributed by atoms with Crippen LogP contribution in [0.3, 0.4) is 0 Å². The molecular weight excluding hydrogens is 364 g/mol. The highest BCUT2D eigenvalue weighted by Gasteiger charge is 2.28. The number of aryl methyl sites for hydroxylation is 2. The van der Waals surface area contributed by atoms with Gasteiger partial charge in [-0.05, 0) is 51.9 Å². The van der Waals surface area contributed by atoms with Gasteiger partial charge >= 0.3 is 0 Å².